The molecule has 0 fully saturated rings. The SMILES string of the molecule is CCOc1cc2c(cc1OCC)C(Cl)CCC2C. The molecule has 1 aromatic rings. The molecule has 0 N–H and O–H groups in total. The van der Waals surface area contributed by atoms with Crippen molar-refractivity contribution in [3.63, 3.8) is 0 Å². The normalized spacial score (nSPS) is 22.4. The quantitative estimate of drug-likeness (QED) is 0.740. The van der Waals surface area contributed by atoms with Gasteiger partial charge in [0.15, 0.2) is 11.5 Å². The van der Waals surface area contributed by atoms with Gasteiger partial charge in [-0.25, -0.2) is 0 Å². The number of halogens is 1. The van der Waals surface area contributed by atoms with Gasteiger partial charge in [0.2, 0.25) is 0 Å². The molecule has 2 rings (SSSR count). The van der Waals surface area contributed by atoms with Gasteiger partial charge in [-0.2, -0.15) is 0 Å². The summed E-state index contributed by atoms with van der Waals surface area (Å²) in [6.07, 6.45) is 2.18. The Labute approximate surface area is 114 Å². The molecule has 0 bridgehead atoms. The van der Waals surface area contributed by atoms with E-state index >= 15 is 0 Å². The van der Waals surface area contributed by atoms with Gasteiger partial charge in [-0.05, 0) is 55.9 Å². The topological polar surface area (TPSA) is 18.5 Å². The first-order valence-electron chi connectivity index (χ1n) is 6.74. The van der Waals surface area contributed by atoms with Gasteiger partial charge >= 0.3 is 0 Å². The summed E-state index contributed by atoms with van der Waals surface area (Å²) < 4.78 is 11.3. The fourth-order valence-corrected chi connectivity index (χ4v) is 2.85. The fourth-order valence-electron chi connectivity index (χ4n) is 2.53. The number of hydrogen-bond acceptors (Lipinski definition) is 2. The molecule has 2 atom stereocenters. The maximum atomic E-state index is 6.42. The summed E-state index contributed by atoms with van der Waals surface area (Å²) in [7, 11) is 0. The molecule has 0 saturated carbocycles. The second-order valence-corrected chi connectivity index (χ2v) is 5.27. The lowest BCUT2D eigenvalue weighted by Gasteiger charge is -2.27. The highest BCUT2D eigenvalue weighted by Crippen LogP contribution is 2.45. The van der Waals surface area contributed by atoms with Crippen LogP contribution in [0.3, 0.4) is 0 Å². The van der Waals surface area contributed by atoms with E-state index in [0.717, 1.165) is 24.3 Å². The van der Waals surface area contributed by atoms with Crippen molar-refractivity contribution in [2.24, 2.45) is 0 Å². The minimum absolute atomic E-state index is 0.103. The maximum absolute atomic E-state index is 6.42. The van der Waals surface area contributed by atoms with Crippen molar-refractivity contribution < 1.29 is 9.47 Å². The van der Waals surface area contributed by atoms with Crippen LogP contribution in [0.1, 0.15) is 56.0 Å². The predicted octanol–water partition coefficient (Wildman–Crippen LogP) is 4.66. The van der Waals surface area contributed by atoms with Gasteiger partial charge in [-0.15, -0.1) is 11.6 Å². The van der Waals surface area contributed by atoms with E-state index in [1.54, 1.807) is 0 Å². The number of fused-ring (bicyclic) bond motifs is 1. The molecular weight excluding hydrogens is 248 g/mol. The zero-order valence-electron chi connectivity index (χ0n) is 11.3. The molecule has 2 nitrogen and oxygen atoms in total. The smallest absolute Gasteiger partial charge is 0.161 e. The molecule has 0 aromatic heterocycles. The Bertz CT molecular complexity index is 378. The van der Waals surface area contributed by atoms with Crippen molar-refractivity contribution in [3.05, 3.63) is 23.3 Å². The van der Waals surface area contributed by atoms with Crippen LogP contribution >= 0.6 is 11.6 Å². The van der Waals surface area contributed by atoms with Crippen molar-refractivity contribution in [3.8, 4) is 11.5 Å². The molecule has 1 aliphatic carbocycles. The van der Waals surface area contributed by atoms with E-state index in [1.165, 1.54) is 11.1 Å². The Morgan fingerprint density at radius 1 is 1.06 bits per heavy atom. The van der Waals surface area contributed by atoms with Crippen molar-refractivity contribution in [2.45, 2.75) is 44.9 Å². The first kappa shape index (κ1) is 13.5. The molecule has 0 heterocycles. The number of rotatable bonds is 4. The van der Waals surface area contributed by atoms with Crippen molar-refractivity contribution in [1.82, 2.24) is 0 Å². The van der Waals surface area contributed by atoms with Crippen molar-refractivity contribution in [2.75, 3.05) is 13.2 Å². The Morgan fingerprint density at radius 3 is 2.17 bits per heavy atom. The number of ether oxygens (including phenoxy) is 2. The van der Waals surface area contributed by atoms with E-state index in [1.807, 2.05) is 13.8 Å². The highest BCUT2D eigenvalue weighted by Gasteiger charge is 2.25. The van der Waals surface area contributed by atoms with Gasteiger partial charge in [0, 0.05) is 0 Å². The first-order chi connectivity index (χ1) is 8.67. The van der Waals surface area contributed by atoms with Crippen LogP contribution in [-0.4, -0.2) is 13.2 Å². The zero-order chi connectivity index (χ0) is 13.1. The summed E-state index contributed by atoms with van der Waals surface area (Å²) in [4.78, 5) is 0. The van der Waals surface area contributed by atoms with E-state index in [9.17, 15) is 0 Å². The molecule has 1 aliphatic rings. The minimum atomic E-state index is 0.103. The molecule has 0 amide bonds. The van der Waals surface area contributed by atoms with Crippen LogP contribution in [-0.2, 0) is 0 Å². The first-order valence-corrected chi connectivity index (χ1v) is 7.18. The Balaban J connectivity index is 2.45. The lowest BCUT2D eigenvalue weighted by Crippen LogP contribution is -2.11. The summed E-state index contributed by atoms with van der Waals surface area (Å²) in [5, 5.41) is 0.103. The fraction of sp³-hybridized carbons (Fsp3) is 0.600. The Hall–Kier alpha value is -0.890. The lowest BCUT2D eigenvalue weighted by molar-refractivity contribution is 0.286. The average molecular weight is 269 g/mol. The highest BCUT2D eigenvalue weighted by molar-refractivity contribution is 6.21. The van der Waals surface area contributed by atoms with Crippen LogP contribution in [0, 0.1) is 0 Å². The third kappa shape index (κ3) is 2.59. The van der Waals surface area contributed by atoms with Crippen LogP contribution in [0.15, 0.2) is 12.1 Å². The van der Waals surface area contributed by atoms with Crippen LogP contribution < -0.4 is 9.47 Å². The third-order valence-corrected chi connectivity index (χ3v) is 3.92. The molecular formula is C15H21ClO2. The van der Waals surface area contributed by atoms with Gasteiger partial charge in [0.1, 0.15) is 0 Å². The van der Waals surface area contributed by atoms with E-state index in [-0.39, 0.29) is 5.38 Å². The minimum Gasteiger partial charge on any atom is -0.490 e. The van der Waals surface area contributed by atoms with Gasteiger partial charge in [-0.3, -0.25) is 0 Å². The van der Waals surface area contributed by atoms with Gasteiger partial charge in [-0.1, -0.05) is 6.92 Å². The van der Waals surface area contributed by atoms with Crippen molar-refractivity contribution in [1.29, 1.82) is 0 Å². The number of alkyl halides is 1. The van der Waals surface area contributed by atoms with E-state index in [0.29, 0.717) is 19.1 Å². The molecule has 0 radical (unpaired) electrons. The van der Waals surface area contributed by atoms with Gasteiger partial charge < -0.3 is 9.47 Å². The Morgan fingerprint density at radius 2 is 1.61 bits per heavy atom. The van der Waals surface area contributed by atoms with E-state index in [2.05, 4.69) is 19.1 Å². The van der Waals surface area contributed by atoms with Crippen molar-refractivity contribution >= 4 is 11.6 Å². The summed E-state index contributed by atoms with van der Waals surface area (Å²) in [5.74, 6) is 2.21. The number of hydrogen-bond donors (Lipinski definition) is 0. The largest absolute Gasteiger partial charge is 0.490 e. The van der Waals surface area contributed by atoms with E-state index in [4.69, 9.17) is 21.1 Å². The van der Waals surface area contributed by atoms with Crippen LogP contribution in [0.5, 0.6) is 11.5 Å². The molecule has 0 saturated heterocycles. The molecule has 0 spiro atoms. The van der Waals surface area contributed by atoms with E-state index < -0.39 is 0 Å². The summed E-state index contributed by atoms with van der Waals surface area (Å²) in [6.45, 7) is 7.51. The van der Waals surface area contributed by atoms with Gasteiger partial charge in [0.25, 0.3) is 0 Å². The molecule has 2 unspecified atom stereocenters. The predicted molar refractivity (Wildman–Crippen MR) is 75.0 cm³/mol. The average Bonchev–Trinajstić information content (AvgIpc) is 2.36. The molecule has 3 heteroatoms. The molecule has 100 valence electrons. The zero-order valence-corrected chi connectivity index (χ0v) is 12.1. The standard InChI is InChI=1S/C15H21ClO2/c1-4-17-14-8-11-10(3)6-7-13(16)12(11)9-15(14)18-5-2/h8-10,13H,4-7H2,1-3H3. The lowest BCUT2D eigenvalue weighted by atomic mass is 9.83. The summed E-state index contributed by atoms with van der Waals surface area (Å²) in [5.41, 5.74) is 2.52. The maximum Gasteiger partial charge on any atom is 0.161 e. The molecule has 0 aliphatic heterocycles. The molecule has 1 aromatic carbocycles. The monoisotopic (exact) mass is 268 g/mol. The van der Waals surface area contributed by atoms with Crippen LogP contribution in [0.25, 0.3) is 0 Å². The van der Waals surface area contributed by atoms with Crippen LogP contribution in [0.2, 0.25) is 0 Å². The second-order valence-electron chi connectivity index (χ2n) is 4.74. The summed E-state index contributed by atoms with van der Waals surface area (Å²) in [6, 6.07) is 4.18. The van der Waals surface area contributed by atoms with Gasteiger partial charge in [0.05, 0.1) is 18.6 Å². The van der Waals surface area contributed by atoms with Crippen LogP contribution in [0.4, 0.5) is 0 Å². The number of benzene rings is 1. The second kappa shape index (κ2) is 5.83. The third-order valence-electron chi connectivity index (χ3n) is 3.47. The summed E-state index contributed by atoms with van der Waals surface area (Å²) >= 11 is 6.42. The highest BCUT2D eigenvalue weighted by atomic mass is 35.5. The molecule has 18 heavy (non-hydrogen) atoms. The Kier molecular flexibility index (Phi) is 4.39.